The molecule has 6 nitrogen and oxygen atoms in total. The van der Waals surface area contributed by atoms with Crippen molar-refractivity contribution >= 4 is 33.3 Å². The summed E-state index contributed by atoms with van der Waals surface area (Å²) in [4.78, 5) is 23.1. The van der Waals surface area contributed by atoms with Gasteiger partial charge in [-0.25, -0.2) is 9.97 Å². The second-order valence-corrected chi connectivity index (χ2v) is 7.00. The fraction of sp³-hybridized carbons (Fsp3) is 0.588. The molecule has 2 heterocycles. The fourth-order valence-corrected chi connectivity index (χ4v) is 3.25. The summed E-state index contributed by atoms with van der Waals surface area (Å²) < 4.78 is 5.44. The van der Waals surface area contributed by atoms with Crippen LogP contribution in [0.15, 0.2) is 6.07 Å². The van der Waals surface area contributed by atoms with Gasteiger partial charge in [0.15, 0.2) is 0 Å². The van der Waals surface area contributed by atoms with Crippen LogP contribution in [0.2, 0.25) is 0 Å². The quantitative estimate of drug-likeness (QED) is 0.680. The third-order valence-electron chi connectivity index (χ3n) is 3.41. The monoisotopic (exact) mass is 350 g/mol. The number of carbonyl (C=O) groups excluding carboxylic acids is 1. The minimum atomic E-state index is -0.0464. The SMILES string of the molecule is CCc1cc2c(NCC(=O)NCCCOC(C)C)nc(C)nc2s1. The van der Waals surface area contributed by atoms with Crippen LogP contribution in [0.3, 0.4) is 0 Å². The average molecular weight is 350 g/mol. The smallest absolute Gasteiger partial charge is 0.239 e. The van der Waals surface area contributed by atoms with E-state index in [4.69, 9.17) is 4.74 Å². The molecule has 2 aromatic heterocycles. The van der Waals surface area contributed by atoms with Gasteiger partial charge >= 0.3 is 0 Å². The number of hydrogen-bond acceptors (Lipinski definition) is 6. The molecule has 0 saturated heterocycles. The summed E-state index contributed by atoms with van der Waals surface area (Å²) in [6, 6.07) is 2.10. The van der Waals surface area contributed by atoms with Crippen molar-refractivity contribution in [1.29, 1.82) is 0 Å². The van der Waals surface area contributed by atoms with Crippen LogP contribution in [-0.4, -0.2) is 41.7 Å². The van der Waals surface area contributed by atoms with Crippen LogP contribution < -0.4 is 10.6 Å². The molecule has 132 valence electrons. The third kappa shape index (κ3) is 5.42. The molecule has 24 heavy (non-hydrogen) atoms. The summed E-state index contributed by atoms with van der Waals surface area (Å²) >= 11 is 1.68. The Morgan fingerprint density at radius 2 is 2.17 bits per heavy atom. The number of carbonyl (C=O) groups is 1. The molecule has 0 aromatic carbocycles. The lowest BCUT2D eigenvalue weighted by Gasteiger charge is -2.10. The predicted molar refractivity (Wildman–Crippen MR) is 98.7 cm³/mol. The molecule has 0 saturated carbocycles. The molecule has 0 unspecified atom stereocenters. The lowest BCUT2D eigenvalue weighted by Crippen LogP contribution is -2.31. The maximum absolute atomic E-state index is 11.9. The van der Waals surface area contributed by atoms with Gasteiger partial charge in [-0.3, -0.25) is 4.79 Å². The van der Waals surface area contributed by atoms with Gasteiger partial charge < -0.3 is 15.4 Å². The molecule has 7 heteroatoms. The minimum absolute atomic E-state index is 0.0464. The van der Waals surface area contributed by atoms with Crippen LogP contribution in [-0.2, 0) is 16.0 Å². The number of aromatic nitrogens is 2. The van der Waals surface area contributed by atoms with E-state index < -0.39 is 0 Å². The van der Waals surface area contributed by atoms with Gasteiger partial charge in [-0.2, -0.15) is 0 Å². The number of amides is 1. The van der Waals surface area contributed by atoms with Gasteiger partial charge in [-0.05, 0) is 39.7 Å². The van der Waals surface area contributed by atoms with Crippen LogP contribution in [0.1, 0.15) is 37.9 Å². The van der Waals surface area contributed by atoms with Crippen molar-refractivity contribution in [2.24, 2.45) is 0 Å². The molecule has 1 amide bonds. The molecule has 0 spiro atoms. The van der Waals surface area contributed by atoms with Crippen molar-refractivity contribution in [3.63, 3.8) is 0 Å². The summed E-state index contributed by atoms with van der Waals surface area (Å²) in [5, 5.41) is 7.01. The first-order chi connectivity index (χ1) is 11.5. The second-order valence-electron chi connectivity index (χ2n) is 5.88. The molecule has 2 N–H and O–H groups in total. The zero-order valence-corrected chi connectivity index (χ0v) is 15.6. The molecule has 0 radical (unpaired) electrons. The van der Waals surface area contributed by atoms with Crippen molar-refractivity contribution in [3.05, 3.63) is 16.8 Å². The molecule has 0 atom stereocenters. The van der Waals surface area contributed by atoms with Gasteiger partial charge in [0.25, 0.3) is 0 Å². The molecular formula is C17H26N4O2S. The lowest BCUT2D eigenvalue weighted by atomic mass is 10.3. The van der Waals surface area contributed by atoms with E-state index in [1.165, 1.54) is 4.88 Å². The Bertz CT molecular complexity index is 685. The Hall–Kier alpha value is -1.73. The van der Waals surface area contributed by atoms with Crippen LogP contribution in [0, 0.1) is 6.92 Å². The van der Waals surface area contributed by atoms with Crippen molar-refractivity contribution < 1.29 is 9.53 Å². The number of anilines is 1. The summed E-state index contributed by atoms with van der Waals surface area (Å²) in [7, 11) is 0. The molecule has 0 bridgehead atoms. The van der Waals surface area contributed by atoms with Gasteiger partial charge in [-0.1, -0.05) is 6.92 Å². The second kappa shape index (κ2) is 8.94. The van der Waals surface area contributed by atoms with Crippen LogP contribution >= 0.6 is 11.3 Å². The average Bonchev–Trinajstić information content (AvgIpc) is 2.94. The largest absolute Gasteiger partial charge is 0.379 e. The van der Waals surface area contributed by atoms with Crippen LogP contribution in [0.4, 0.5) is 5.82 Å². The van der Waals surface area contributed by atoms with Gasteiger partial charge in [0.2, 0.25) is 5.91 Å². The van der Waals surface area contributed by atoms with E-state index in [0.717, 1.165) is 28.9 Å². The maximum Gasteiger partial charge on any atom is 0.239 e. The molecule has 0 aliphatic carbocycles. The topological polar surface area (TPSA) is 76.1 Å². The highest BCUT2D eigenvalue weighted by molar-refractivity contribution is 7.18. The highest BCUT2D eigenvalue weighted by atomic mass is 32.1. The van der Waals surface area contributed by atoms with E-state index in [-0.39, 0.29) is 18.6 Å². The number of aryl methyl sites for hydroxylation is 2. The Morgan fingerprint density at radius 1 is 1.38 bits per heavy atom. The van der Waals surface area contributed by atoms with Gasteiger partial charge in [0.05, 0.1) is 18.0 Å². The number of fused-ring (bicyclic) bond motifs is 1. The molecule has 0 aliphatic heterocycles. The predicted octanol–water partition coefficient (Wildman–Crippen LogP) is 2.91. The minimum Gasteiger partial charge on any atom is -0.379 e. The zero-order chi connectivity index (χ0) is 17.5. The molecule has 2 aromatic rings. The molecule has 0 aliphatic rings. The van der Waals surface area contributed by atoms with E-state index in [2.05, 4.69) is 33.6 Å². The van der Waals surface area contributed by atoms with Crippen LogP contribution in [0.25, 0.3) is 10.2 Å². The van der Waals surface area contributed by atoms with Crippen LogP contribution in [0.5, 0.6) is 0 Å². The number of ether oxygens (including phenoxy) is 1. The maximum atomic E-state index is 11.9. The van der Waals surface area contributed by atoms with E-state index in [1.807, 2.05) is 20.8 Å². The Kier molecular flexibility index (Phi) is 6.93. The van der Waals surface area contributed by atoms with Crippen molar-refractivity contribution in [2.75, 3.05) is 25.0 Å². The number of nitrogens with one attached hydrogen (secondary N) is 2. The summed E-state index contributed by atoms with van der Waals surface area (Å²) in [5.74, 6) is 1.39. The highest BCUT2D eigenvalue weighted by Crippen LogP contribution is 2.29. The van der Waals surface area contributed by atoms with Gasteiger partial charge in [0, 0.05) is 18.0 Å². The summed E-state index contributed by atoms with van der Waals surface area (Å²) in [6.07, 6.45) is 2.01. The standard InChI is InChI=1S/C17H26N4O2S/c1-5-13-9-14-16(20-12(4)21-17(14)24-13)19-10-15(22)18-7-6-8-23-11(2)3/h9,11H,5-8,10H2,1-4H3,(H,18,22)(H,19,20,21). The molecule has 0 fully saturated rings. The number of thiophene rings is 1. The summed E-state index contributed by atoms with van der Waals surface area (Å²) in [5.41, 5.74) is 0. The highest BCUT2D eigenvalue weighted by Gasteiger charge is 2.11. The first-order valence-corrected chi connectivity index (χ1v) is 9.20. The number of rotatable bonds is 9. The van der Waals surface area contributed by atoms with E-state index >= 15 is 0 Å². The Balaban J connectivity index is 1.86. The third-order valence-corrected chi connectivity index (χ3v) is 4.59. The lowest BCUT2D eigenvalue weighted by molar-refractivity contribution is -0.119. The van der Waals surface area contributed by atoms with Crippen molar-refractivity contribution in [1.82, 2.24) is 15.3 Å². The first-order valence-electron chi connectivity index (χ1n) is 8.38. The molecular weight excluding hydrogens is 324 g/mol. The van der Waals surface area contributed by atoms with E-state index in [9.17, 15) is 4.79 Å². The number of nitrogens with zero attached hydrogens (tertiary/aromatic N) is 2. The normalized spacial score (nSPS) is 11.2. The van der Waals surface area contributed by atoms with Gasteiger partial charge in [0.1, 0.15) is 16.5 Å². The number of hydrogen-bond donors (Lipinski definition) is 2. The fourth-order valence-electron chi connectivity index (χ4n) is 2.23. The van der Waals surface area contributed by atoms with Gasteiger partial charge in [-0.15, -0.1) is 11.3 Å². The van der Waals surface area contributed by atoms with Crippen molar-refractivity contribution in [3.8, 4) is 0 Å². The molecule has 2 rings (SSSR count). The summed E-state index contributed by atoms with van der Waals surface area (Å²) in [6.45, 7) is 9.46. The Labute approximate surface area is 147 Å². The zero-order valence-electron chi connectivity index (χ0n) is 14.8. The Morgan fingerprint density at radius 3 is 2.88 bits per heavy atom. The van der Waals surface area contributed by atoms with E-state index in [0.29, 0.717) is 19.0 Å². The van der Waals surface area contributed by atoms with E-state index in [1.54, 1.807) is 11.3 Å². The first kappa shape index (κ1) is 18.6. The van der Waals surface area contributed by atoms with Crippen molar-refractivity contribution in [2.45, 2.75) is 46.6 Å².